The molecule has 4 heteroatoms. The molecule has 9 aromatic rings. The lowest BCUT2D eigenvalue weighted by molar-refractivity contribution is 0.460. The second-order valence-corrected chi connectivity index (χ2v) is 11.4. The number of hydrogen-bond donors (Lipinski definition) is 0. The Hall–Kier alpha value is -6.26. The lowest BCUT2D eigenvalue weighted by Crippen LogP contribution is -1.94. The van der Waals surface area contributed by atoms with Crippen LogP contribution in [0.5, 0.6) is 23.0 Å². The topological polar surface area (TPSA) is 28.3 Å². The third kappa shape index (κ3) is 4.39. The Bertz CT molecular complexity index is 2240. The van der Waals surface area contributed by atoms with E-state index in [1.165, 1.54) is 43.6 Å². The molecule has 2 heterocycles. The van der Waals surface area contributed by atoms with Crippen molar-refractivity contribution in [3.8, 4) is 34.4 Å². The fourth-order valence-corrected chi connectivity index (χ4v) is 6.60. The molecular formula is C42H28N2O2. The first kappa shape index (κ1) is 26.2. The van der Waals surface area contributed by atoms with Gasteiger partial charge in [0.05, 0.1) is 22.1 Å². The van der Waals surface area contributed by atoms with Crippen LogP contribution in [0.25, 0.3) is 55.0 Å². The Kier molecular flexibility index (Phi) is 6.10. The number of para-hydroxylation sites is 4. The monoisotopic (exact) mass is 592 g/mol. The van der Waals surface area contributed by atoms with Crippen molar-refractivity contribution in [2.75, 3.05) is 0 Å². The van der Waals surface area contributed by atoms with E-state index in [2.05, 4.69) is 130 Å². The molecule has 0 aliphatic heterocycles. The van der Waals surface area contributed by atoms with Gasteiger partial charge in [-0.1, -0.05) is 78.9 Å². The summed E-state index contributed by atoms with van der Waals surface area (Å²) < 4.78 is 17.1. The van der Waals surface area contributed by atoms with Crippen LogP contribution in [0.1, 0.15) is 0 Å². The minimum absolute atomic E-state index is 0.712. The van der Waals surface area contributed by atoms with Crippen molar-refractivity contribution < 1.29 is 9.47 Å². The zero-order valence-corrected chi connectivity index (χ0v) is 24.9. The third-order valence-electron chi connectivity index (χ3n) is 8.63. The van der Waals surface area contributed by atoms with E-state index in [9.17, 15) is 0 Å². The summed E-state index contributed by atoms with van der Waals surface area (Å²) >= 11 is 0. The Labute approximate surface area is 265 Å². The SMILES string of the molecule is c1cc(Oc2ccc(-n3c4ccccc4c4ccccc43)cc2)cc(Oc2ccc(-n3c4ccccc4c4ccccc43)cc2)c1. The molecule has 0 saturated carbocycles. The van der Waals surface area contributed by atoms with Crippen LogP contribution in [0.2, 0.25) is 0 Å². The molecule has 0 radical (unpaired) electrons. The van der Waals surface area contributed by atoms with E-state index in [4.69, 9.17) is 9.47 Å². The Morgan fingerprint density at radius 2 is 0.609 bits per heavy atom. The van der Waals surface area contributed by atoms with Crippen LogP contribution in [0.15, 0.2) is 170 Å². The number of benzene rings is 7. The Balaban J connectivity index is 0.955. The van der Waals surface area contributed by atoms with Gasteiger partial charge in [-0.2, -0.15) is 0 Å². The van der Waals surface area contributed by atoms with Gasteiger partial charge in [0.25, 0.3) is 0 Å². The number of aromatic nitrogens is 2. The zero-order valence-electron chi connectivity index (χ0n) is 24.9. The molecule has 0 atom stereocenters. The van der Waals surface area contributed by atoms with Gasteiger partial charge in [0.1, 0.15) is 23.0 Å². The second-order valence-electron chi connectivity index (χ2n) is 11.4. The normalized spacial score (nSPS) is 11.5. The van der Waals surface area contributed by atoms with Gasteiger partial charge in [-0.25, -0.2) is 0 Å². The van der Waals surface area contributed by atoms with Gasteiger partial charge in [-0.15, -0.1) is 0 Å². The summed E-state index contributed by atoms with van der Waals surface area (Å²) in [6.45, 7) is 0. The summed E-state index contributed by atoms with van der Waals surface area (Å²) in [5.41, 5.74) is 6.92. The van der Waals surface area contributed by atoms with E-state index in [-0.39, 0.29) is 0 Å². The zero-order chi connectivity index (χ0) is 30.5. The van der Waals surface area contributed by atoms with Crippen LogP contribution in [0.3, 0.4) is 0 Å². The van der Waals surface area contributed by atoms with Crippen molar-refractivity contribution in [3.05, 3.63) is 170 Å². The molecule has 0 aliphatic carbocycles. The fraction of sp³-hybridized carbons (Fsp3) is 0. The standard InChI is InChI=1S/C42H28N2O2/c1-5-16-39-35(12-1)36-13-2-6-17-40(36)43(39)29-20-24-31(25-21-29)45-33-10-9-11-34(28-33)46-32-26-22-30(23-27-32)44-41-18-7-3-14-37(41)38-15-4-8-19-42(38)44/h1-28H. The average molecular weight is 593 g/mol. The van der Waals surface area contributed by atoms with Crippen LogP contribution in [-0.2, 0) is 0 Å². The van der Waals surface area contributed by atoms with Gasteiger partial charge < -0.3 is 18.6 Å². The highest BCUT2D eigenvalue weighted by Gasteiger charge is 2.13. The number of hydrogen-bond acceptors (Lipinski definition) is 2. The van der Waals surface area contributed by atoms with Crippen LogP contribution < -0.4 is 9.47 Å². The molecule has 0 aliphatic rings. The molecule has 4 nitrogen and oxygen atoms in total. The first-order valence-electron chi connectivity index (χ1n) is 15.4. The van der Waals surface area contributed by atoms with E-state index in [1.54, 1.807) is 0 Å². The fourth-order valence-electron chi connectivity index (χ4n) is 6.60. The second kappa shape index (κ2) is 10.7. The predicted octanol–water partition coefficient (Wildman–Crippen LogP) is 11.5. The molecule has 0 spiro atoms. The van der Waals surface area contributed by atoms with E-state index < -0.39 is 0 Å². The summed E-state index contributed by atoms with van der Waals surface area (Å²) in [7, 11) is 0. The van der Waals surface area contributed by atoms with Gasteiger partial charge in [0.15, 0.2) is 0 Å². The van der Waals surface area contributed by atoms with Crippen molar-refractivity contribution in [3.63, 3.8) is 0 Å². The smallest absolute Gasteiger partial charge is 0.131 e. The third-order valence-corrected chi connectivity index (χ3v) is 8.63. The highest BCUT2D eigenvalue weighted by Crippen LogP contribution is 2.35. The van der Waals surface area contributed by atoms with Crippen molar-refractivity contribution >= 4 is 43.6 Å². The number of rotatable bonds is 6. The van der Waals surface area contributed by atoms with Crippen molar-refractivity contribution in [2.45, 2.75) is 0 Å². The van der Waals surface area contributed by atoms with Crippen molar-refractivity contribution in [1.29, 1.82) is 0 Å². The molecule has 0 saturated heterocycles. The largest absolute Gasteiger partial charge is 0.457 e. The minimum atomic E-state index is 0.712. The minimum Gasteiger partial charge on any atom is -0.457 e. The Morgan fingerprint density at radius 1 is 0.283 bits per heavy atom. The van der Waals surface area contributed by atoms with E-state index in [0.29, 0.717) is 11.5 Å². The van der Waals surface area contributed by atoms with E-state index in [0.717, 1.165) is 22.9 Å². The molecular weight excluding hydrogens is 564 g/mol. The highest BCUT2D eigenvalue weighted by molar-refractivity contribution is 6.10. The van der Waals surface area contributed by atoms with E-state index in [1.807, 2.05) is 48.5 Å². The van der Waals surface area contributed by atoms with Gasteiger partial charge in [-0.05, 0) is 84.9 Å². The predicted molar refractivity (Wildman–Crippen MR) is 188 cm³/mol. The van der Waals surface area contributed by atoms with Crippen LogP contribution in [-0.4, -0.2) is 9.13 Å². The van der Waals surface area contributed by atoms with Crippen LogP contribution in [0.4, 0.5) is 0 Å². The molecule has 218 valence electrons. The lowest BCUT2D eigenvalue weighted by Gasteiger charge is -2.12. The van der Waals surface area contributed by atoms with Gasteiger partial charge >= 0.3 is 0 Å². The average Bonchev–Trinajstić information content (AvgIpc) is 3.63. The van der Waals surface area contributed by atoms with Gasteiger partial charge in [0.2, 0.25) is 0 Å². The van der Waals surface area contributed by atoms with E-state index >= 15 is 0 Å². The maximum absolute atomic E-state index is 6.26. The van der Waals surface area contributed by atoms with Crippen LogP contribution in [0, 0.1) is 0 Å². The number of fused-ring (bicyclic) bond motifs is 6. The summed E-state index contributed by atoms with van der Waals surface area (Å²) in [5, 5.41) is 4.99. The van der Waals surface area contributed by atoms with Gasteiger partial charge in [-0.3, -0.25) is 0 Å². The number of ether oxygens (including phenoxy) is 2. The summed E-state index contributed by atoms with van der Waals surface area (Å²) in [4.78, 5) is 0. The maximum atomic E-state index is 6.26. The molecule has 0 N–H and O–H groups in total. The maximum Gasteiger partial charge on any atom is 0.131 e. The molecule has 2 aromatic heterocycles. The summed E-state index contributed by atoms with van der Waals surface area (Å²) in [6, 6.07) is 58.4. The molecule has 0 amide bonds. The number of nitrogens with zero attached hydrogens (tertiary/aromatic N) is 2. The lowest BCUT2D eigenvalue weighted by atomic mass is 10.2. The highest BCUT2D eigenvalue weighted by atomic mass is 16.5. The first-order chi connectivity index (χ1) is 22.8. The summed E-state index contributed by atoms with van der Waals surface area (Å²) in [6.07, 6.45) is 0. The molecule has 9 rings (SSSR count). The molecule has 0 bridgehead atoms. The molecule has 0 fully saturated rings. The Morgan fingerprint density at radius 3 is 0.957 bits per heavy atom. The summed E-state index contributed by atoms with van der Waals surface area (Å²) in [5.74, 6) is 2.95. The van der Waals surface area contributed by atoms with Gasteiger partial charge in [0, 0.05) is 39.0 Å². The molecule has 7 aromatic carbocycles. The van der Waals surface area contributed by atoms with Crippen LogP contribution >= 0.6 is 0 Å². The first-order valence-corrected chi connectivity index (χ1v) is 15.4. The quantitative estimate of drug-likeness (QED) is 0.192. The molecule has 0 unspecified atom stereocenters. The van der Waals surface area contributed by atoms with Crippen molar-refractivity contribution in [1.82, 2.24) is 9.13 Å². The molecule has 46 heavy (non-hydrogen) atoms. The van der Waals surface area contributed by atoms with Crippen molar-refractivity contribution in [2.24, 2.45) is 0 Å².